The first-order chi connectivity index (χ1) is 9.43. The molecule has 0 aliphatic heterocycles. The molecule has 0 heteroatoms. The van der Waals surface area contributed by atoms with Crippen LogP contribution in [0.15, 0.2) is 0 Å². The second-order valence-corrected chi connectivity index (χ2v) is 9.43. The average Bonchev–Trinajstić information content (AvgIpc) is 2.98. The number of fused-ring (bicyclic) bond motifs is 1. The molecule has 0 spiro atoms. The minimum absolute atomic E-state index is 0.500. The first kappa shape index (κ1) is 16.4. The monoisotopic (exact) mass is 278 g/mol. The van der Waals surface area contributed by atoms with Crippen LogP contribution in [-0.4, -0.2) is 0 Å². The van der Waals surface area contributed by atoms with Gasteiger partial charge in [-0.15, -0.1) is 0 Å². The molecule has 0 N–H and O–H groups in total. The normalized spacial score (nSPS) is 34.5. The molecule has 3 atom stereocenters. The predicted octanol–water partition coefficient (Wildman–Crippen LogP) is 6.84. The highest BCUT2D eigenvalue weighted by Crippen LogP contribution is 2.49. The van der Waals surface area contributed by atoms with Crippen LogP contribution in [-0.2, 0) is 0 Å². The number of hydrogen-bond donors (Lipinski definition) is 0. The Labute approximate surface area is 128 Å². The molecule has 3 saturated carbocycles. The van der Waals surface area contributed by atoms with Gasteiger partial charge in [-0.25, -0.2) is 0 Å². The van der Waals surface area contributed by atoms with Crippen LogP contribution in [0, 0.1) is 29.1 Å². The molecule has 0 saturated heterocycles. The summed E-state index contributed by atoms with van der Waals surface area (Å²) in [6.45, 7) is 8.75. The van der Waals surface area contributed by atoms with Crippen molar-refractivity contribution in [1.82, 2.24) is 0 Å². The zero-order valence-electron chi connectivity index (χ0n) is 14.6. The lowest BCUT2D eigenvalue weighted by atomic mass is 9.75. The lowest BCUT2D eigenvalue weighted by Crippen LogP contribution is -2.20. The predicted molar refractivity (Wildman–Crippen MR) is 89.9 cm³/mol. The summed E-state index contributed by atoms with van der Waals surface area (Å²) < 4.78 is 0. The Hall–Kier alpha value is 0. The van der Waals surface area contributed by atoms with Crippen molar-refractivity contribution in [2.75, 3.05) is 0 Å². The van der Waals surface area contributed by atoms with E-state index in [1.807, 2.05) is 0 Å². The van der Waals surface area contributed by atoms with Crippen LogP contribution in [0.2, 0.25) is 0 Å². The van der Waals surface area contributed by atoms with Crippen LogP contribution in [0.4, 0.5) is 0 Å². The molecule has 0 aromatic carbocycles. The SMILES string of the molecule is C1CCC(CC2CCC3CCCCC32)C1.CC(C)(C)C. The van der Waals surface area contributed by atoms with Gasteiger partial charge in [-0.1, -0.05) is 72.6 Å². The molecule has 3 unspecified atom stereocenters. The fourth-order valence-electron chi connectivity index (χ4n) is 4.82. The van der Waals surface area contributed by atoms with Gasteiger partial charge in [0.25, 0.3) is 0 Å². The largest absolute Gasteiger partial charge is 0.0604 e. The highest BCUT2D eigenvalue weighted by Gasteiger charge is 2.38. The molecule has 0 nitrogen and oxygen atoms in total. The Morgan fingerprint density at radius 2 is 1.25 bits per heavy atom. The van der Waals surface area contributed by atoms with E-state index in [9.17, 15) is 0 Å². The Bertz CT molecular complexity index is 260. The first-order valence-electron chi connectivity index (χ1n) is 9.43. The average molecular weight is 279 g/mol. The fourth-order valence-corrected chi connectivity index (χ4v) is 4.82. The maximum Gasteiger partial charge on any atom is -0.0357 e. The number of rotatable bonds is 2. The van der Waals surface area contributed by atoms with Crippen LogP contribution in [0.5, 0.6) is 0 Å². The van der Waals surface area contributed by atoms with E-state index in [1.54, 1.807) is 51.4 Å². The third-order valence-corrected chi connectivity index (χ3v) is 5.59. The van der Waals surface area contributed by atoms with E-state index >= 15 is 0 Å². The van der Waals surface area contributed by atoms with Gasteiger partial charge < -0.3 is 0 Å². The smallest absolute Gasteiger partial charge is 0.0357 e. The first-order valence-corrected chi connectivity index (χ1v) is 9.43. The van der Waals surface area contributed by atoms with Crippen molar-refractivity contribution in [1.29, 1.82) is 0 Å². The summed E-state index contributed by atoms with van der Waals surface area (Å²) in [5, 5.41) is 0. The van der Waals surface area contributed by atoms with E-state index in [0.29, 0.717) is 5.41 Å². The van der Waals surface area contributed by atoms with Crippen molar-refractivity contribution < 1.29 is 0 Å². The molecule has 0 heterocycles. The Morgan fingerprint density at radius 1 is 0.700 bits per heavy atom. The summed E-state index contributed by atoms with van der Waals surface area (Å²) in [7, 11) is 0. The molecule has 0 radical (unpaired) electrons. The van der Waals surface area contributed by atoms with Crippen LogP contribution < -0.4 is 0 Å². The summed E-state index contributed by atoms with van der Waals surface area (Å²) in [5.41, 5.74) is 0.500. The van der Waals surface area contributed by atoms with Crippen molar-refractivity contribution in [3.63, 3.8) is 0 Å². The van der Waals surface area contributed by atoms with E-state index in [0.717, 1.165) is 17.8 Å². The molecule has 3 fully saturated rings. The second kappa shape index (κ2) is 7.32. The van der Waals surface area contributed by atoms with E-state index in [-0.39, 0.29) is 0 Å². The van der Waals surface area contributed by atoms with Gasteiger partial charge in [0, 0.05) is 0 Å². The van der Waals surface area contributed by atoms with Crippen molar-refractivity contribution >= 4 is 0 Å². The highest BCUT2D eigenvalue weighted by molar-refractivity contribution is 4.89. The van der Waals surface area contributed by atoms with Crippen molar-refractivity contribution in [2.24, 2.45) is 29.1 Å². The lowest BCUT2D eigenvalue weighted by Gasteiger charge is -2.30. The van der Waals surface area contributed by atoms with Crippen molar-refractivity contribution in [3.8, 4) is 0 Å². The molecule has 0 amide bonds. The second-order valence-electron chi connectivity index (χ2n) is 9.43. The summed E-state index contributed by atoms with van der Waals surface area (Å²) in [5.74, 6) is 4.61. The van der Waals surface area contributed by atoms with Gasteiger partial charge >= 0.3 is 0 Å². The van der Waals surface area contributed by atoms with Gasteiger partial charge in [0.2, 0.25) is 0 Å². The van der Waals surface area contributed by atoms with Crippen molar-refractivity contribution in [2.45, 2.75) is 98.3 Å². The quantitative estimate of drug-likeness (QED) is 0.519. The van der Waals surface area contributed by atoms with Gasteiger partial charge in [-0.2, -0.15) is 0 Å². The molecular weight excluding hydrogens is 240 g/mol. The maximum atomic E-state index is 2.19. The molecule has 0 aromatic rings. The highest BCUT2D eigenvalue weighted by atomic mass is 14.4. The van der Waals surface area contributed by atoms with Gasteiger partial charge in [-0.05, 0) is 54.8 Å². The zero-order chi connectivity index (χ0) is 14.6. The number of hydrogen-bond acceptors (Lipinski definition) is 0. The molecule has 3 aliphatic carbocycles. The van der Waals surface area contributed by atoms with E-state index in [2.05, 4.69) is 27.7 Å². The lowest BCUT2D eigenvalue weighted by molar-refractivity contribution is 0.204. The maximum absolute atomic E-state index is 2.19. The summed E-state index contributed by atoms with van der Waals surface area (Å²) in [6, 6.07) is 0. The third-order valence-electron chi connectivity index (χ3n) is 5.59. The van der Waals surface area contributed by atoms with Gasteiger partial charge in [0.15, 0.2) is 0 Å². The molecule has 3 aliphatic rings. The molecule has 3 rings (SSSR count). The summed E-state index contributed by atoms with van der Waals surface area (Å²) in [4.78, 5) is 0. The summed E-state index contributed by atoms with van der Waals surface area (Å²) in [6.07, 6.45) is 17.2. The standard InChI is InChI=1S/C15H26.C5H12/c1-2-6-12(5-1)11-14-10-9-13-7-3-4-8-15(13)14;1-5(2,3)4/h12-15H,1-11H2;1-4H3. The fraction of sp³-hybridized carbons (Fsp3) is 1.00. The van der Waals surface area contributed by atoms with Crippen LogP contribution in [0.1, 0.15) is 98.3 Å². The Balaban J connectivity index is 0.000000257. The van der Waals surface area contributed by atoms with E-state index in [4.69, 9.17) is 0 Å². The minimum atomic E-state index is 0.500. The molecule has 20 heavy (non-hydrogen) atoms. The minimum Gasteiger partial charge on any atom is -0.0604 e. The van der Waals surface area contributed by atoms with Gasteiger partial charge in [0.05, 0.1) is 0 Å². The van der Waals surface area contributed by atoms with Crippen LogP contribution in [0.3, 0.4) is 0 Å². The topological polar surface area (TPSA) is 0 Å². The van der Waals surface area contributed by atoms with E-state index < -0.39 is 0 Å². The molecule has 118 valence electrons. The molecule has 0 aromatic heterocycles. The Kier molecular flexibility index (Phi) is 5.99. The van der Waals surface area contributed by atoms with E-state index in [1.165, 1.54) is 25.2 Å². The molecular formula is C20H38. The van der Waals surface area contributed by atoms with Crippen molar-refractivity contribution in [3.05, 3.63) is 0 Å². The zero-order valence-corrected chi connectivity index (χ0v) is 14.6. The third kappa shape index (κ3) is 5.41. The van der Waals surface area contributed by atoms with Crippen LogP contribution >= 0.6 is 0 Å². The molecule has 0 bridgehead atoms. The van der Waals surface area contributed by atoms with Gasteiger partial charge in [0.1, 0.15) is 0 Å². The Morgan fingerprint density at radius 3 is 1.90 bits per heavy atom. The van der Waals surface area contributed by atoms with Gasteiger partial charge in [-0.3, -0.25) is 0 Å². The van der Waals surface area contributed by atoms with Crippen LogP contribution in [0.25, 0.3) is 0 Å². The summed E-state index contributed by atoms with van der Waals surface area (Å²) >= 11 is 0.